The number of benzene rings is 3. The second kappa shape index (κ2) is 78.3. The number of hydrazone groups is 2. The number of rotatable bonds is 32. The molecular weight excluding hydrogens is 2230 g/mol. The van der Waals surface area contributed by atoms with Crippen molar-refractivity contribution < 1.29 is 176 Å². The molecule has 0 spiro atoms. The average molecular weight is 2340 g/mol. The Balaban J connectivity index is -0.000000219. The van der Waals surface area contributed by atoms with Crippen molar-refractivity contribution in [3.63, 3.8) is 0 Å². The van der Waals surface area contributed by atoms with Crippen molar-refractivity contribution in [3.8, 4) is 0 Å². The van der Waals surface area contributed by atoms with Gasteiger partial charge in [-0.05, 0) is 99.2 Å². The van der Waals surface area contributed by atoms with Crippen LogP contribution in [0.3, 0.4) is 0 Å². The van der Waals surface area contributed by atoms with Gasteiger partial charge in [-0.2, -0.15) is 22.2 Å². The first-order valence-electron chi connectivity index (χ1n) is 36.3. The molecule has 3 aromatic carbocycles. The number of Topliss-reactive ketones (excluding diaryl/α,β-unsaturated/α-hetero) is 1. The van der Waals surface area contributed by atoms with E-state index >= 15 is 0 Å². The van der Waals surface area contributed by atoms with Gasteiger partial charge in [0.15, 0.2) is 5.78 Å². The molecule has 0 radical (unpaired) electrons. The molecular formula is C79H113Cl4N11O25Pt3. The quantitative estimate of drug-likeness (QED) is 0.00693. The number of hydrogen-bond donors (Lipinski definition) is 10. The number of carboxylic acid groups (broad SMARTS) is 8. The molecule has 0 unspecified atom stereocenters. The van der Waals surface area contributed by atoms with Gasteiger partial charge in [0.05, 0.1) is 36.4 Å². The summed E-state index contributed by atoms with van der Waals surface area (Å²) in [6.07, 6.45) is 16.3. The van der Waals surface area contributed by atoms with E-state index in [-0.39, 0.29) is 145 Å². The topological polar surface area (TPSA) is 614 Å². The van der Waals surface area contributed by atoms with Crippen molar-refractivity contribution in [1.29, 1.82) is 0 Å². The van der Waals surface area contributed by atoms with E-state index < -0.39 is 80.7 Å². The fourth-order valence-electron chi connectivity index (χ4n) is 9.68. The SMILES string of the molecule is C/C(=N\NC(=O)CCCCCN1C(=O)CCC1=O)c1ccc(CC(=O)O)cc1.C/C(=N\NC(=O)CCCCCN1C(=O)CCC1=O)c1ccc(CC(=O)O)cc1.CC(=NCC(=O)CCCCCN1C(=O)C=CC1=O)c1ccc(C(=O)O)cc1.CC(=O)O.CCC(=O)O.CCC(=O)O.O=C(O)C(=O)O.[CH2-][C@@H]1CCCC[C@H]1[NH-].[CH3-].[CH3-].[Cl][Pt+2][Cl].[Cl][Pt+2][Cl].[NH2-].[NH2-].[Pt+2]. The summed E-state index contributed by atoms with van der Waals surface area (Å²) in [5.41, 5.74) is 18.4. The summed E-state index contributed by atoms with van der Waals surface area (Å²) in [6, 6.07) is 20.5. The van der Waals surface area contributed by atoms with Crippen molar-refractivity contribution in [2.24, 2.45) is 21.1 Å². The normalized spacial score (nSPS) is 13.9. The monoisotopic (exact) mass is 2340 g/mol. The van der Waals surface area contributed by atoms with Gasteiger partial charge >= 0.3 is 133 Å². The van der Waals surface area contributed by atoms with Crippen molar-refractivity contribution in [2.75, 3.05) is 26.2 Å². The standard InChI is InChI=1S/2C20H25N3O5.C20H22N2O5.C7H13N.2C3H6O2.C2H2O4.C2H4O2.2CH3.4ClH.2H2N.3Pt/c2*1-14(16-8-6-15(7-9-16)13-20(27)28)21-22-17(24)5-3-2-4-12-23-18(25)10-11-19(23)26;1-14(15-6-8-16(9-7-15)20(26)27)21-13-17(23)5-3-2-4-12-22-18(24)10-11-19(22)25;1-6-4-2-3-5-7(6)8;2*1-2-3(4)5;3-1(4)2(5)6;1-2(3)4;;;;;;;;;;;/h2*6-9H,2-5,10-13H2,1H3,(H,22,24)(H,27,28);6-11H,2-5,12-13H2,1H3,(H,26,27);6-8H,1-5H2;2*2H2,1H3,(H,4,5);(H,3,4)(H,5,6);1H3,(H,3,4);2*1H3;4*1H;2*1H2;;;/q;;;-2;;;;;2*-1;;;;;2*-1;+2;2*+4/p-4/b2*21-14+;;;;;;;;;;;;;;;;;/t;;;6-,7-;;;;;;;;;;;;;;;/m...1.............../s1. The Kier molecular flexibility index (Phi) is 82.7. The van der Waals surface area contributed by atoms with Crippen LogP contribution in [0.15, 0.2) is 100 Å². The van der Waals surface area contributed by atoms with E-state index in [0.717, 1.165) is 49.3 Å². The third-order valence-corrected chi connectivity index (χ3v) is 16.0. The Hall–Kier alpha value is -8.70. The molecule has 43 heteroatoms. The van der Waals surface area contributed by atoms with E-state index in [0.29, 0.717) is 137 Å². The number of aliphatic imine (C=N–C) groups is 1. The second-order valence-electron chi connectivity index (χ2n) is 25.2. The maximum Gasteiger partial charge on any atom is 2.00 e. The molecule has 3 heterocycles. The Morgan fingerprint density at radius 3 is 1.02 bits per heavy atom. The summed E-state index contributed by atoms with van der Waals surface area (Å²) in [4.78, 5) is 191. The minimum Gasteiger partial charge on any atom is -0.693 e. The third kappa shape index (κ3) is 66.9. The van der Waals surface area contributed by atoms with Crippen LogP contribution in [0.5, 0.6) is 0 Å². The molecule has 692 valence electrons. The molecule has 1 saturated carbocycles. The molecule has 0 aromatic heterocycles. The predicted octanol–water partition coefficient (Wildman–Crippen LogP) is 13.7. The number of imide groups is 3. The van der Waals surface area contributed by atoms with Crippen molar-refractivity contribution in [3.05, 3.63) is 158 Å². The van der Waals surface area contributed by atoms with Crippen LogP contribution in [0.2, 0.25) is 0 Å². The van der Waals surface area contributed by atoms with Gasteiger partial charge in [-0.25, -0.2) is 25.2 Å². The Morgan fingerprint density at radius 2 is 0.746 bits per heavy atom. The van der Waals surface area contributed by atoms with Crippen LogP contribution < -0.4 is 10.9 Å². The number of hydrogen-bond acceptors (Lipinski definition) is 20. The van der Waals surface area contributed by atoms with Crippen LogP contribution in [-0.4, -0.2) is 206 Å². The number of nitrogens with two attached hydrogens (primary N) is 2. The zero-order chi connectivity index (χ0) is 89.5. The van der Waals surface area contributed by atoms with Gasteiger partial charge in [-0.1, -0.05) is 119 Å². The van der Waals surface area contributed by atoms with E-state index in [1.165, 1.54) is 58.2 Å². The molecule has 122 heavy (non-hydrogen) atoms. The number of amides is 8. The minimum atomic E-state index is -1.82. The van der Waals surface area contributed by atoms with Gasteiger partial charge in [0, 0.05) is 102 Å². The molecule has 3 aliphatic heterocycles. The number of carbonyl (C=O) groups excluding carboxylic acids is 9. The van der Waals surface area contributed by atoms with Crippen LogP contribution in [0, 0.1) is 27.7 Å². The summed E-state index contributed by atoms with van der Waals surface area (Å²) in [5.74, 6) is -9.68. The van der Waals surface area contributed by atoms with E-state index in [1.54, 1.807) is 95.3 Å². The molecule has 4 aliphatic rings. The fourth-order valence-corrected chi connectivity index (χ4v) is 9.68. The zero-order valence-corrected chi connectivity index (χ0v) is 78.9. The number of carbonyl (C=O) groups is 17. The van der Waals surface area contributed by atoms with Crippen LogP contribution in [0.25, 0.3) is 18.0 Å². The first kappa shape index (κ1) is 129. The average Bonchev–Trinajstić information content (AvgIpc) is 1.78. The number of unbranched alkanes of at least 4 members (excludes halogenated alkanes) is 6. The summed E-state index contributed by atoms with van der Waals surface area (Å²) in [7, 11) is 19.5. The minimum absolute atomic E-state index is 0. The first-order chi connectivity index (χ1) is 55.2. The molecule has 8 amide bonds. The number of aromatic carboxylic acids is 1. The number of nitrogens with zero attached hydrogens (tertiary/aromatic N) is 6. The van der Waals surface area contributed by atoms with Gasteiger partial charge in [0.1, 0.15) is 0 Å². The number of aliphatic carboxylic acids is 7. The Labute approximate surface area is 759 Å². The molecule has 2 saturated heterocycles. The molecule has 2 atom stereocenters. The van der Waals surface area contributed by atoms with E-state index in [9.17, 15) is 67.1 Å². The van der Waals surface area contributed by atoms with Crippen LogP contribution >= 0.6 is 37.7 Å². The Morgan fingerprint density at radius 1 is 0.459 bits per heavy atom. The molecule has 1 aliphatic carbocycles. The maximum atomic E-state index is 11.9. The number of nitrogens with one attached hydrogen (secondary N) is 3. The van der Waals surface area contributed by atoms with E-state index in [4.69, 9.17) is 98.6 Å². The van der Waals surface area contributed by atoms with Crippen molar-refractivity contribution in [2.45, 2.75) is 202 Å². The maximum absolute atomic E-state index is 11.9. The predicted molar refractivity (Wildman–Crippen MR) is 452 cm³/mol. The molecule has 0 bridgehead atoms. The van der Waals surface area contributed by atoms with Gasteiger partial charge in [-0.15, -0.1) is 0 Å². The summed E-state index contributed by atoms with van der Waals surface area (Å²) >= 11 is -0.944. The molecule has 3 fully saturated rings. The van der Waals surface area contributed by atoms with Crippen LogP contribution in [-0.2, 0) is 144 Å². The van der Waals surface area contributed by atoms with Gasteiger partial charge in [-0.3, -0.25) is 86.8 Å². The second-order valence-corrected chi connectivity index (χ2v) is 31.7. The summed E-state index contributed by atoms with van der Waals surface area (Å²) < 4.78 is 0. The number of ketones is 1. The molecule has 3 aromatic rings. The molecule has 7 rings (SSSR count). The smallest absolute Gasteiger partial charge is 0.693 e. The van der Waals surface area contributed by atoms with Crippen molar-refractivity contribution in [1.82, 2.24) is 25.6 Å². The van der Waals surface area contributed by atoms with Crippen LogP contribution in [0.1, 0.15) is 221 Å². The number of carboxylic acids is 8. The first-order valence-corrected chi connectivity index (χ1v) is 47.6. The fraction of sp³-hybridized carbons (Fsp3) is 0.456. The molecule has 15 N–H and O–H groups in total. The van der Waals surface area contributed by atoms with Gasteiger partial charge < -0.3 is 80.7 Å². The summed E-state index contributed by atoms with van der Waals surface area (Å²) in [6.45, 7) is 14.8. The largest absolute Gasteiger partial charge is 2.00 e. The van der Waals surface area contributed by atoms with Crippen LogP contribution in [0.4, 0.5) is 0 Å². The van der Waals surface area contributed by atoms with Crippen molar-refractivity contribution >= 4 is 156 Å². The molecule has 36 nitrogen and oxygen atoms in total. The third-order valence-electron chi connectivity index (χ3n) is 16.0. The Bertz CT molecular complexity index is 3620. The zero-order valence-electron chi connectivity index (χ0n) is 69.1. The van der Waals surface area contributed by atoms with Gasteiger partial charge in [0.2, 0.25) is 35.4 Å². The number of halogens is 4. The number of likely N-dealkylation sites (tertiary alicyclic amines) is 2. The summed E-state index contributed by atoms with van der Waals surface area (Å²) in [5, 5.41) is 72.2. The van der Waals surface area contributed by atoms with E-state index in [2.05, 4.69) is 33.0 Å². The van der Waals surface area contributed by atoms with E-state index in [1.807, 2.05) is 0 Å². The van der Waals surface area contributed by atoms with Gasteiger partial charge in [0.25, 0.3) is 17.8 Å².